The highest BCUT2D eigenvalue weighted by molar-refractivity contribution is 5.34. The zero-order chi connectivity index (χ0) is 10.8. The van der Waals surface area contributed by atoms with Gasteiger partial charge in [-0.25, -0.2) is 0 Å². The van der Waals surface area contributed by atoms with Gasteiger partial charge < -0.3 is 5.32 Å². The lowest BCUT2D eigenvalue weighted by Crippen LogP contribution is -2.12. The fourth-order valence-corrected chi connectivity index (χ4v) is 1.34. The molecule has 1 N–H and O–H groups in total. The van der Waals surface area contributed by atoms with Crippen molar-refractivity contribution >= 4 is 0 Å². The van der Waals surface area contributed by atoms with Gasteiger partial charge in [0.15, 0.2) is 0 Å². The number of allylic oxidation sites excluding steroid dienone is 5. The lowest BCUT2D eigenvalue weighted by atomic mass is 10.1. The predicted molar refractivity (Wildman–Crippen MR) is 67.4 cm³/mol. The Balaban J connectivity index is 0. The molecule has 82 valence electrons. The minimum atomic E-state index is 0. The lowest BCUT2D eigenvalue weighted by Gasteiger charge is -2.07. The third-order valence-corrected chi connectivity index (χ3v) is 1.97. The molecular formula is C13H25N. The molecule has 0 aromatic heterocycles. The quantitative estimate of drug-likeness (QED) is 0.716. The van der Waals surface area contributed by atoms with Crippen LogP contribution in [0.2, 0.25) is 0 Å². The van der Waals surface area contributed by atoms with Crippen molar-refractivity contribution < 1.29 is 1.43 Å². The van der Waals surface area contributed by atoms with Crippen LogP contribution in [-0.2, 0) is 0 Å². The molecule has 0 aromatic rings. The number of rotatable bonds is 3. The van der Waals surface area contributed by atoms with Gasteiger partial charge in [-0.05, 0) is 31.4 Å². The molecule has 0 bridgehead atoms. The van der Waals surface area contributed by atoms with Crippen molar-refractivity contribution in [1.29, 1.82) is 0 Å². The van der Waals surface area contributed by atoms with Gasteiger partial charge in [-0.3, -0.25) is 0 Å². The zero-order valence-corrected chi connectivity index (χ0v) is 9.93. The zero-order valence-electron chi connectivity index (χ0n) is 9.93. The summed E-state index contributed by atoms with van der Waals surface area (Å²) >= 11 is 0. The van der Waals surface area contributed by atoms with Crippen molar-refractivity contribution in [2.24, 2.45) is 0 Å². The second kappa shape index (κ2) is 8.61. The highest BCUT2D eigenvalue weighted by Gasteiger charge is 1.99. The second-order valence-electron chi connectivity index (χ2n) is 2.86. The van der Waals surface area contributed by atoms with Crippen LogP contribution in [0.15, 0.2) is 35.6 Å². The first-order chi connectivity index (χ1) is 6.88. The van der Waals surface area contributed by atoms with E-state index in [1.54, 1.807) is 0 Å². The van der Waals surface area contributed by atoms with E-state index in [1.807, 2.05) is 13.8 Å². The van der Waals surface area contributed by atoms with Crippen LogP contribution in [0.5, 0.6) is 0 Å². The van der Waals surface area contributed by atoms with Gasteiger partial charge in [-0.1, -0.05) is 39.0 Å². The molecule has 0 amide bonds. The Morgan fingerprint density at radius 1 is 1.21 bits per heavy atom. The van der Waals surface area contributed by atoms with E-state index in [-0.39, 0.29) is 1.43 Å². The molecule has 14 heavy (non-hydrogen) atoms. The maximum absolute atomic E-state index is 3.37. The first kappa shape index (κ1) is 13.0. The maximum atomic E-state index is 3.37. The number of hydrogen-bond donors (Lipinski definition) is 1. The van der Waals surface area contributed by atoms with Crippen LogP contribution in [-0.4, -0.2) is 6.54 Å². The second-order valence-corrected chi connectivity index (χ2v) is 2.86. The van der Waals surface area contributed by atoms with Crippen LogP contribution < -0.4 is 5.32 Å². The molecule has 0 atom stereocenters. The van der Waals surface area contributed by atoms with E-state index in [4.69, 9.17) is 0 Å². The van der Waals surface area contributed by atoms with Crippen LogP contribution >= 0.6 is 0 Å². The summed E-state index contributed by atoms with van der Waals surface area (Å²) < 4.78 is 0. The van der Waals surface area contributed by atoms with Gasteiger partial charge in [0, 0.05) is 13.7 Å². The third-order valence-electron chi connectivity index (χ3n) is 1.97. The third kappa shape index (κ3) is 4.31. The standard InChI is InChI=1S/C11H17N.C2H6.H2/c1-3-10-8-6-5-7-9-11(10)12-4-2;1-2;/h6-9,12H,3-5H2,1-2H3;1-2H3;1H. The topological polar surface area (TPSA) is 12.0 Å². The van der Waals surface area contributed by atoms with E-state index in [1.165, 1.54) is 11.3 Å². The molecule has 1 rings (SSSR count). The van der Waals surface area contributed by atoms with Crippen LogP contribution in [0.3, 0.4) is 0 Å². The van der Waals surface area contributed by atoms with Crippen LogP contribution in [0.4, 0.5) is 0 Å². The van der Waals surface area contributed by atoms with Crippen LogP contribution in [0, 0.1) is 0 Å². The molecule has 0 radical (unpaired) electrons. The first-order valence-electron chi connectivity index (χ1n) is 5.68. The molecule has 0 aromatic carbocycles. The first-order valence-corrected chi connectivity index (χ1v) is 5.68. The molecule has 1 nitrogen and oxygen atoms in total. The summed E-state index contributed by atoms with van der Waals surface area (Å²) in [6.07, 6.45) is 11.0. The molecule has 0 saturated carbocycles. The van der Waals surface area contributed by atoms with Gasteiger partial charge in [0.05, 0.1) is 0 Å². The molecule has 0 spiro atoms. The molecule has 0 saturated heterocycles. The van der Waals surface area contributed by atoms with E-state index < -0.39 is 0 Å². The van der Waals surface area contributed by atoms with Gasteiger partial charge in [0.2, 0.25) is 0 Å². The number of hydrogen-bond acceptors (Lipinski definition) is 1. The lowest BCUT2D eigenvalue weighted by molar-refractivity contribution is 0.859. The average Bonchev–Trinajstić information content (AvgIpc) is 2.47. The van der Waals surface area contributed by atoms with E-state index >= 15 is 0 Å². The summed E-state index contributed by atoms with van der Waals surface area (Å²) in [6.45, 7) is 9.32. The largest absolute Gasteiger partial charge is 0.385 e. The molecule has 0 aliphatic heterocycles. The summed E-state index contributed by atoms with van der Waals surface area (Å²) in [6, 6.07) is 0. The van der Waals surface area contributed by atoms with Crippen molar-refractivity contribution in [2.75, 3.05) is 6.54 Å². The summed E-state index contributed by atoms with van der Waals surface area (Å²) in [4.78, 5) is 0. The van der Waals surface area contributed by atoms with Gasteiger partial charge in [0.1, 0.15) is 0 Å². The van der Waals surface area contributed by atoms with Crippen molar-refractivity contribution in [1.82, 2.24) is 5.32 Å². The van der Waals surface area contributed by atoms with Crippen LogP contribution in [0.1, 0.15) is 42.0 Å². The molecule has 0 unspecified atom stereocenters. The summed E-state index contributed by atoms with van der Waals surface area (Å²) in [5.74, 6) is 0. The highest BCUT2D eigenvalue weighted by atomic mass is 14.9. The summed E-state index contributed by atoms with van der Waals surface area (Å²) in [5, 5.41) is 3.37. The molecule has 0 fully saturated rings. The minimum Gasteiger partial charge on any atom is -0.385 e. The summed E-state index contributed by atoms with van der Waals surface area (Å²) in [5.41, 5.74) is 2.69. The minimum absolute atomic E-state index is 0. The predicted octanol–water partition coefficient (Wildman–Crippen LogP) is 4.05. The fraction of sp³-hybridized carbons (Fsp3) is 0.538. The highest BCUT2D eigenvalue weighted by Crippen LogP contribution is 2.13. The van der Waals surface area contributed by atoms with Gasteiger partial charge in [-0.15, -0.1) is 0 Å². The Morgan fingerprint density at radius 2 is 1.86 bits per heavy atom. The number of likely N-dealkylation sites (N-methyl/N-ethyl adjacent to an activating group) is 1. The van der Waals surface area contributed by atoms with Gasteiger partial charge >= 0.3 is 0 Å². The van der Waals surface area contributed by atoms with E-state index in [0.29, 0.717) is 0 Å². The Labute approximate surface area is 90.1 Å². The van der Waals surface area contributed by atoms with Crippen molar-refractivity contribution in [3.63, 3.8) is 0 Å². The average molecular weight is 195 g/mol. The fourth-order valence-electron chi connectivity index (χ4n) is 1.34. The molecular weight excluding hydrogens is 170 g/mol. The Morgan fingerprint density at radius 3 is 2.43 bits per heavy atom. The van der Waals surface area contributed by atoms with Gasteiger partial charge in [-0.2, -0.15) is 0 Å². The Kier molecular flexibility index (Phi) is 8.01. The normalized spacial score (nSPS) is 14.6. The SMILES string of the molecule is CC.CCNC1=C(CC)C=CCC=C1.[HH]. The van der Waals surface area contributed by atoms with Crippen molar-refractivity contribution in [3.8, 4) is 0 Å². The van der Waals surface area contributed by atoms with Crippen molar-refractivity contribution in [3.05, 3.63) is 35.6 Å². The Bertz CT molecular complexity index is 227. The van der Waals surface area contributed by atoms with E-state index in [0.717, 1.165) is 19.4 Å². The van der Waals surface area contributed by atoms with Crippen LogP contribution in [0.25, 0.3) is 0 Å². The van der Waals surface area contributed by atoms with Crippen molar-refractivity contribution in [2.45, 2.75) is 40.5 Å². The molecule has 0 heterocycles. The molecule has 1 heteroatoms. The number of nitrogens with one attached hydrogen (secondary N) is 1. The summed E-state index contributed by atoms with van der Waals surface area (Å²) in [7, 11) is 0. The van der Waals surface area contributed by atoms with E-state index in [9.17, 15) is 0 Å². The monoisotopic (exact) mass is 195 g/mol. The smallest absolute Gasteiger partial charge is 0.0369 e. The van der Waals surface area contributed by atoms with E-state index in [2.05, 4.69) is 43.5 Å². The van der Waals surface area contributed by atoms with Gasteiger partial charge in [0.25, 0.3) is 0 Å². The maximum Gasteiger partial charge on any atom is 0.0369 e. The molecule has 1 aliphatic rings. The Hall–Kier alpha value is -0.980. The molecule has 1 aliphatic carbocycles.